The Morgan fingerprint density at radius 1 is 1.19 bits per heavy atom. The maximum absolute atomic E-state index is 5.43. The Labute approximate surface area is 156 Å². The van der Waals surface area contributed by atoms with Crippen molar-refractivity contribution in [1.29, 1.82) is 0 Å². The molecule has 0 saturated carbocycles. The van der Waals surface area contributed by atoms with Crippen molar-refractivity contribution in [3.8, 4) is 5.75 Å². The highest BCUT2D eigenvalue weighted by atomic mass is 16.5. The zero-order valence-corrected chi connectivity index (χ0v) is 16.2. The first-order valence-corrected chi connectivity index (χ1v) is 9.23. The summed E-state index contributed by atoms with van der Waals surface area (Å²) in [6.07, 6.45) is 3.06. The summed E-state index contributed by atoms with van der Waals surface area (Å²) < 4.78 is 10.6. The topological polar surface area (TPSA) is 71.7 Å². The van der Waals surface area contributed by atoms with Gasteiger partial charge in [0.1, 0.15) is 5.75 Å². The summed E-state index contributed by atoms with van der Waals surface area (Å²) in [6, 6.07) is 10.1. The number of aromatic nitrogens is 1. The Kier molecular flexibility index (Phi) is 7.99. The first-order valence-electron chi connectivity index (χ1n) is 9.23. The number of nitrogens with one attached hydrogen (secondary N) is 2. The van der Waals surface area contributed by atoms with E-state index in [1.807, 2.05) is 18.2 Å². The fourth-order valence-electron chi connectivity index (χ4n) is 2.82. The lowest BCUT2D eigenvalue weighted by Gasteiger charge is -2.11. The first kappa shape index (κ1) is 19.8. The van der Waals surface area contributed by atoms with Gasteiger partial charge in [-0.05, 0) is 37.0 Å². The first-order chi connectivity index (χ1) is 12.7. The molecule has 1 heterocycles. The second kappa shape index (κ2) is 10.5. The summed E-state index contributed by atoms with van der Waals surface area (Å²) in [7, 11) is 3.44. The molecule has 0 saturated heterocycles. The summed E-state index contributed by atoms with van der Waals surface area (Å²) in [6.45, 7) is 5.71. The van der Waals surface area contributed by atoms with Gasteiger partial charge in [-0.1, -0.05) is 31.1 Å². The van der Waals surface area contributed by atoms with Gasteiger partial charge in [0.15, 0.2) is 11.7 Å². The molecule has 0 atom stereocenters. The molecule has 2 aromatic rings. The Hall–Kier alpha value is -2.50. The van der Waals surface area contributed by atoms with Crippen LogP contribution >= 0.6 is 0 Å². The number of nitrogens with zero attached hydrogens (tertiary/aromatic N) is 2. The lowest BCUT2D eigenvalue weighted by Crippen LogP contribution is -2.37. The highest BCUT2D eigenvalue weighted by Gasteiger charge is 2.13. The minimum absolute atomic E-state index is 0.467. The molecule has 142 valence electrons. The normalized spacial score (nSPS) is 11.7. The SMILES string of the molecule is CCC(CC)c1cc(CNC(=NC)NCCc2ccc(OC)cc2)on1. The Morgan fingerprint density at radius 3 is 2.54 bits per heavy atom. The van der Waals surface area contributed by atoms with Crippen LogP contribution in [0, 0.1) is 0 Å². The largest absolute Gasteiger partial charge is 0.497 e. The third kappa shape index (κ3) is 5.79. The van der Waals surface area contributed by atoms with Gasteiger partial charge in [-0.15, -0.1) is 0 Å². The van der Waals surface area contributed by atoms with E-state index in [0.717, 1.165) is 49.0 Å². The van der Waals surface area contributed by atoms with E-state index in [9.17, 15) is 0 Å². The maximum Gasteiger partial charge on any atom is 0.191 e. The molecular formula is C20H30N4O2. The maximum atomic E-state index is 5.43. The predicted octanol–water partition coefficient (Wildman–Crippen LogP) is 3.49. The van der Waals surface area contributed by atoms with Gasteiger partial charge in [-0.3, -0.25) is 4.99 Å². The van der Waals surface area contributed by atoms with Crippen LogP contribution in [0.2, 0.25) is 0 Å². The number of rotatable bonds is 9. The van der Waals surface area contributed by atoms with E-state index in [0.29, 0.717) is 12.5 Å². The van der Waals surface area contributed by atoms with Crippen LogP contribution < -0.4 is 15.4 Å². The number of ether oxygens (including phenoxy) is 1. The van der Waals surface area contributed by atoms with Crippen molar-refractivity contribution in [3.05, 3.63) is 47.3 Å². The molecule has 0 aliphatic rings. The molecule has 0 amide bonds. The van der Waals surface area contributed by atoms with E-state index in [-0.39, 0.29) is 0 Å². The summed E-state index contributed by atoms with van der Waals surface area (Å²) in [4.78, 5) is 4.25. The molecule has 1 aromatic heterocycles. The third-order valence-corrected chi connectivity index (χ3v) is 4.50. The monoisotopic (exact) mass is 358 g/mol. The lowest BCUT2D eigenvalue weighted by molar-refractivity contribution is 0.368. The van der Waals surface area contributed by atoms with Crippen molar-refractivity contribution in [1.82, 2.24) is 15.8 Å². The molecule has 6 nitrogen and oxygen atoms in total. The van der Waals surface area contributed by atoms with Gasteiger partial charge in [0, 0.05) is 25.6 Å². The van der Waals surface area contributed by atoms with Gasteiger partial charge in [-0.2, -0.15) is 0 Å². The van der Waals surface area contributed by atoms with Crippen LogP contribution in [-0.4, -0.2) is 31.8 Å². The molecule has 2 N–H and O–H groups in total. The van der Waals surface area contributed by atoms with Crippen molar-refractivity contribution in [3.63, 3.8) is 0 Å². The number of hydrogen-bond acceptors (Lipinski definition) is 4. The van der Waals surface area contributed by atoms with Gasteiger partial charge in [-0.25, -0.2) is 0 Å². The van der Waals surface area contributed by atoms with Gasteiger partial charge < -0.3 is 19.9 Å². The van der Waals surface area contributed by atoms with Crippen molar-refractivity contribution in [2.24, 2.45) is 4.99 Å². The van der Waals surface area contributed by atoms with Crippen LogP contribution in [0.4, 0.5) is 0 Å². The van der Waals surface area contributed by atoms with Gasteiger partial charge in [0.05, 0.1) is 19.3 Å². The zero-order chi connectivity index (χ0) is 18.8. The average molecular weight is 358 g/mol. The number of methoxy groups -OCH3 is 1. The van der Waals surface area contributed by atoms with Crippen molar-refractivity contribution < 1.29 is 9.26 Å². The zero-order valence-electron chi connectivity index (χ0n) is 16.2. The van der Waals surface area contributed by atoms with E-state index in [1.54, 1.807) is 14.2 Å². The Bertz CT molecular complexity index is 675. The van der Waals surface area contributed by atoms with Gasteiger partial charge in [0.25, 0.3) is 0 Å². The molecule has 0 aliphatic carbocycles. The van der Waals surface area contributed by atoms with Crippen molar-refractivity contribution in [2.45, 2.75) is 45.6 Å². The fraction of sp³-hybridized carbons (Fsp3) is 0.500. The minimum Gasteiger partial charge on any atom is -0.497 e. The smallest absolute Gasteiger partial charge is 0.191 e. The summed E-state index contributed by atoms with van der Waals surface area (Å²) in [5.41, 5.74) is 2.29. The quantitative estimate of drug-likeness (QED) is 0.530. The van der Waals surface area contributed by atoms with Crippen LogP contribution in [0.1, 0.15) is 49.6 Å². The second-order valence-electron chi connectivity index (χ2n) is 6.18. The van der Waals surface area contributed by atoms with Gasteiger partial charge >= 0.3 is 0 Å². The van der Waals surface area contributed by atoms with Crippen LogP contribution in [0.25, 0.3) is 0 Å². The highest BCUT2D eigenvalue weighted by Crippen LogP contribution is 2.22. The summed E-state index contributed by atoms with van der Waals surface area (Å²) >= 11 is 0. The van der Waals surface area contributed by atoms with E-state index in [2.05, 4.69) is 46.8 Å². The molecule has 0 spiro atoms. The van der Waals surface area contributed by atoms with Crippen LogP contribution in [-0.2, 0) is 13.0 Å². The molecule has 0 aliphatic heterocycles. The molecular weight excluding hydrogens is 328 g/mol. The number of guanidine groups is 1. The molecule has 26 heavy (non-hydrogen) atoms. The standard InChI is InChI=1S/C20H30N4O2/c1-5-16(6-2)19-13-18(26-24-19)14-23-20(21-3)22-12-11-15-7-9-17(25-4)10-8-15/h7-10,13,16H,5-6,11-12,14H2,1-4H3,(H2,21,22,23). The van der Waals surface area contributed by atoms with E-state index >= 15 is 0 Å². The van der Waals surface area contributed by atoms with E-state index < -0.39 is 0 Å². The molecule has 1 aromatic carbocycles. The molecule has 0 radical (unpaired) electrons. The minimum atomic E-state index is 0.467. The summed E-state index contributed by atoms with van der Waals surface area (Å²) in [5.74, 6) is 2.91. The average Bonchev–Trinajstić information content (AvgIpc) is 3.14. The number of benzene rings is 1. The fourth-order valence-corrected chi connectivity index (χ4v) is 2.82. The lowest BCUT2D eigenvalue weighted by atomic mass is 9.99. The molecule has 0 unspecified atom stereocenters. The highest BCUT2D eigenvalue weighted by molar-refractivity contribution is 5.79. The van der Waals surface area contributed by atoms with Crippen LogP contribution in [0.3, 0.4) is 0 Å². The molecule has 0 bridgehead atoms. The summed E-state index contributed by atoms with van der Waals surface area (Å²) in [5, 5.41) is 10.8. The number of hydrogen-bond donors (Lipinski definition) is 2. The molecule has 0 fully saturated rings. The van der Waals surface area contributed by atoms with E-state index in [4.69, 9.17) is 9.26 Å². The van der Waals surface area contributed by atoms with E-state index in [1.165, 1.54) is 5.56 Å². The third-order valence-electron chi connectivity index (χ3n) is 4.50. The molecule has 2 rings (SSSR count). The Morgan fingerprint density at radius 2 is 1.92 bits per heavy atom. The van der Waals surface area contributed by atoms with Crippen LogP contribution in [0.5, 0.6) is 5.75 Å². The van der Waals surface area contributed by atoms with Crippen molar-refractivity contribution in [2.75, 3.05) is 20.7 Å². The molecule has 6 heteroatoms. The Balaban J connectivity index is 1.77. The van der Waals surface area contributed by atoms with Crippen LogP contribution in [0.15, 0.2) is 39.8 Å². The van der Waals surface area contributed by atoms with Crippen molar-refractivity contribution >= 4 is 5.96 Å². The predicted molar refractivity (Wildman–Crippen MR) is 105 cm³/mol. The number of aliphatic imine (C=N–C) groups is 1. The second-order valence-corrected chi connectivity index (χ2v) is 6.18. The van der Waals surface area contributed by atoms with Gasteiger partial charge in [0.2, 0.25) is 0 Å².